The minimum Gasteiger partial charge on any atom is -0.481 e. The van der Waals surface area contributed by atoms with Crippen molar-refractivity contribution in [3.05, 3.63) is 86.6 Å². The number of rotatable bonds is 12. The largest absolute Gasteiger partial charge is 0.481 e. The maximum atomic E-state index is 14.1. The van der Waals surface area contributed by atoms with Crippen LogP contribution < -0.4 is 10.9 Å². The quantitative estimate of drug-likeness (QED) is 0.212. The smallest absolute Gasteiger partial charge is 0.416 e. The van der Waals surface area contributed by atoms with Gasteiger partial charge in [0.15, 0.2) is 0 Å². The van der Waals surface area contributed by atoms with E-state index in [1.165, 1.54) is 0 Å². The predicted octanol–water partition coefficient (Wildman–Crippen LogP) is 6.58. The molecule has 3 rings (SSSR count). The van der Waals surface area contributed by atoms with Gasteiger partial charge < -0.3 is 19.9 Å². The molecule has 2 N–H and O–H groups in total. The average molecular weight is 667 g/mol. The molecule has 0 aliphatic carbocycles. The van der Waals surface area contributed by atoms with Crippen LogP contribution in [0.15, 0.2) is 47.4 Å². The Hall–Kier alpha value is -4.43. The molecule has 8 nitrogen and oxygen atoms in total. The molecule has 0 unspecified atom stereocenters. The summed E-state index contributed by atoms with van der Waals surface area (Å²) in [6.45, 7) is 11.7. The van der Waals surface area contributed by atoms with Crippen LogP contribution >= 0.6 is 0 Å². The number of amides is 1. The third kappa shape index (κ3) is 10.3. The maximum absolute atomic E-state index is 14.1. The minimum absolute atomic E-state index is 0.00496. The second-order valence-corrected chi connectivity index (χ2v) is 13.2. The average Bonchev–Trinajstić information content (AvgIpc) is 2.96. The van der Waals surface area contributed by atoms with E-state index in [0.717, 1.165) is 33.0 Å². The maximum Gasteiger partial charge on any atom is 0.416 e. The number of alkyl halides is 3. The first-order valence-corrected chi connectivity index (χ1v) is 16.0. The zero-order valence-electron chi connectivity index (χ0n) is 28.8. The summed E-state index contributed by atoms with van der Waals surface area (Å²) in [6, 6.07) is 7.61. The molecule has 2 heterocycles. The summed E-state index contributed by atoms with van der Waals surface area (Å²) in [5, 5.41) is 12.7. The van der Waals surface area contributed by atoms with E-state index in [9.17, 15) is 32.7 Å². The molecule has 48 heavy (non-hydrogen) atoms. The molecule has 0 fully saturated rings. The molecule has 0 bridgehead atoms. The number of hydrogen-bond donors (Lipinski definition) is 2. The molecule has 0 spiro atoms. The summed E-state index contributed by atoms with van der Waals surface area (Å²) in [4.78, 5) is 45.8. The molecule has 3 aromatic rings. The zero-order chi connectivity index (χ0) is 35.9. The number of nitrogens with one attached hydrogen (secondary N) is 1. The van der Waals surface area contributed by atoms with E-state index in [1.54, 1.807) is 25.1 Å². The van der Waals surface area contributed by atoms with E-state index in [-0.39, 0.29) is 42.5 Å². The number of pyridine rings is 2. The normalized spacial score (nSPS) is 13.0. The number of halogens is 3. The van der Waals surface area contributed by atoms with Crippen molar-refractivity contribution in [2.45, 2.75) is 79.1 Å². The van der Waals surface area contributed by atoms with Crippen molar-refractivity contribution in [2.75, 3.05) is 20.6 Å². The highest BCUT2D eigenvalue weighted by Gasteiger charge is 2.36. The van der Waals surface area contributed by atoms with Crippen LogP contribution in [0.2, 0.25) is 0 Å². The Balaban J connectivity index is 2.18. The van der Waals surface area contributed by atoms with E-state index >= 15 is 0 Å². The van der Waals surface area contributed by atoms with Crippen LogP contribution in [0.4, 0.5) is 13.2 Å². The number of aryl methyl sites for hydroxylation is 2. The summed E-state index contributed by atoms with van der Waals surface area (Å²) in [5.74, 6) is 4.14. The van der Waals surface area contributed by atoms with Gasteiger partial charge in [-0.3, -0.25) is 14.4 Å². The Morgan fingerprint density at radius 3 is 2.25 bits per heavy atom. The Morgan fingerprint density at radius 1 is 1.06 bits per heavy atom. The van der Waals surface area contributed by atoms with E-state index in [0.29, 0.717) is 11.8 Å². The highest BCUT2D eigenvalue weighted by Crippen LogP contribution is 2.33. The topological polar surface area (TPSA) is 105 Å². The van der Waals surface area contributed by atoms with Crippen LogP contribution in [-0.2, 0) is 22.2 Å². The van der Waals surface area contributed by atoms with Crippen LogP contribution in [-0.4, -0.2) is 52.1 Å². The first-order chi connectivity index (χ1) is 22.4. The van der Waals surface area contributed by atoms with Crippen molar-refractivity contribution in [1.29, 1.82) is 0 Å². The van der Waals surface area contributed by atoms with E-state index in [4.69, 9.17) is 0 Å². The summed E-state index contributed by atoms with van der Waals surface area (Å²) in [6.07, 6.45) is -4.06. The zero-order valence-corrected chi connectivity index (χ0v) is 28.8. The van der Waals surface area contributed by atoms with Crippen molar-refractivity contribution >= 4 is 11.9 Å². The van der Waals surface area contributed by atoms with E-state index in [2.05, 4.69) is 22.1 Å². The molecule has 258 valence electrons. The van der Waals surface area contributed by atoms with Gasteiger partial charge in [0.05, 0.1) is 23.7 Å². The Labute approximate surface area is 280 Å². The van der Waals surface area contributed by atoms with Crippen molar-refractivity contribution in [3.63, 3.8) is 0 Å². The van der Waals surface area contributed by atoms with Gasteiger partial charge in [-0.05, 0) is 92.6 Å². The third-order valence-corrected chi connectivity index (χ3v) is 7.79. The number of carboxylic acid groups (broad SMARTS) is 1. The van der Waals surface area contributed by atoms with Crippen LogP contribution in [0.3, 0.4) is 0 Å². The second-order valence-electron chi connectivity index (χ2n) is 13.2. The van der Waals surface area contributed by atoms with Gasteiger partial charge in [-0.1, -0.05) is 51.8 Å². The van der Waals surface area contributed by atoms with Crippen molar-refractivity contribution in [1.82, 2.24) is 19.8 Å². The highest BCUT2D eigenvalue weighted by molar-refractivity contribution is 5.82. The van der Waals surface area contributed by atoms with Crippen LogP contribution in [0.5, 0.6) is 0 Å². The fraction of sp³-hybridized carbons (Fsp3) is 0.459. The Kier molecular flexibility index (Phi) is 12.8. The molecule has 2 atom stereocenters. The molecule has 0 radical (unpaired) electrons. The standard InChI is InChI=1S/C37H45F3N4O4/c1-22(2)12-13-28-17-27(35-24(5)10-9-11-25(35)6)18-30(41-28)31(20-34(46)47)42-36(48)32(16-23(3)4)44-21-26(14-15-43(7)8)29(19-33(44)45)37(38,39)40/h9-11,17-19,21-23,31-32H,14-16,20H2,1-8H3,(H,42,48)(H,46,47)/t31-,32-/m0/s1. The van der Waals surface area contributed by atoms with Gasteiger partial charge in [0, 0.05) is 24.7 Å². The van der Waals surface area contributed by atoms with Gasteiger partial charge in [0.2, 0.25) is 5.91 Å². The summed E-state index contributed by atoms with van der Waals surface area (Å²) in [5.41, 5.74) is 2.16. The SMILES string of the molecule is Cc1cccc(C)c1-c1cc(C#CC(C)C)nc([C@H](CC(=O)O)NC(=O)[C@H](CC(C)C)n2cc(CCN(C)C)c(C(F)(F)F)cc2=O)c1. The number of nitrogens with zero attached hydrogens (tertiary/aromatic N) is 3. The molecule has 1 aromatic carbocycles. The Morgan fingerprint density at radius 2 is 1.71 bits per heavy atom. The third-order valence-electron chi connectivity index (χ3n) is 7.79. The number of aliphatic carboxylic acids is 1. The van der Waals surface area contributed by atoms with Gasteiger partial charge in [-0.25, -0.2) is 4.98 Å². The highest BCUT2D eigenvalue weighted by atomic mass is 19.4. The fourth-order valence-corrected chi connectivity index (χ4v) is 5.53. The van der Waals surface area contributed by atoms with E-state index in [1.807, 2.05) is 65.8 Å². The molecule has 0 aliphatic heterocycles. The summed E-state index contributed by atoms with van der Waals surface area (Å²) in [7, 11) is 3.45. The number of aromatic nitrogens is 2. The van der Waals surface area contributed by atoms with Crippen LogP contribution in [0, 0.1) is 37.5 Å². The summed E-state index contributed by atoms with van der Waals surface area (Å²) < 4.78 is 42.9. The molecular formula is C37H45F3N4O4. The Bertz CT molecular complexity index is 1730. The molecule has 0 aliphatic rings. The van der Waals surface area contributed by atoms with Crippen LogP contribution in [0.1, 0.15) is 86.3 Å². The van der Waals surface area contributed by atoms with Crippen molar-refractivity contribution in [3.8, 4) is 23.0 Å². The summed E-state index contributed by atoms with van der Waals surface area (Å²) >= 11 is 0. The monoisotopic (exact) mass is 666 g/mol. The number of carboxylic acids is 1. The second kappa shape index (κ2) is 16.1. The lowest BCUT2D eigenvalue weighted by Crippen LogP contribution is -2.41. The predicted molar refractivity (Wildman–Crippen MR) is 180 cm³/mol. The van der Waals surface area contributed by atoms with Gasteiger partial charge in [0.1, 0.15) is 11.7 Å². The number of likely N-dealkylation sites (N-methyl/N-ethyl adjacent to an activating group) is 1. The molecule has 1 amide bonds. The van der Waals surface area contributed by atoms with Gasteiger partial charge in [-0.15, -0.1) is 0 Å². The first-order valence-electron chi connectivity index (χ1n) is 16.0. The lowest BCUT2D eigenvalue weighted by atomic mass is 9.94. The van der Waals surface area contributed by atoms with Gasteiger partial charge in [0.25, 0.3) is 5.56 Å². The van der Waals surface area contributed by atoms with Crippen LogP contribution in [0.25, 0.3) is 11.1 Å². The molecule has 11 heteroatoms. The number of carbonyl (C=O) groups is 2. The molecular weight excluding hydrogens is 621 g/mol. The molecule has 0 saturated carbocycles. The molecule has 2 aromatic heterocycles. The lowest BCUT2D eigenvalue weighted by Gasteiger charge is -2.26. The van der Waals surface area contributed by atoms with Gasteiger partial charge >= 0.3 is 12.1 Å². The number of benzene rings is 1. The van der Waals surface area contributed by atoms with E-state index < -0.39 is 47.7 Å². The van der Waals surface area contributed by atoms with Crippen molar-refractivity contribution in [2.24, 2.45) is 11.8 Å². The fourth-order valence-electron chi connectivity index (χ4n) is 5.53. The van der Waals surface area contributed by atoms with Gasteiger partial charge in [-0.2, -0.15) is 13.2 Å². The number of carbonyl (C=O) groups excluding carboxylic acids is 1. The van der Waals surface area contributed by atoms with Crippen molar-refractivity contribution < 1.29 is 27.9 Å². The lowest BCUT2D eigenvalue weighted by molar-refractivity contribution is -0.139. The first kappa shape index (κ1) is 38.0. The number of hydrogen-bond acceptors (Lipinski definition) is 5. The molecule has 0 saturated heterocycles. The minimum atomic E-state index is -4.76.